The third-order valence-electron chi connectivity index (χ3n) is 4.94. The van der Waals surface area contributed by atoms with Crippen molar-refractivity contribution in [3.05, 3.63) is 54.5 Å². The van der Waals surface area contributed by atoms with E-state index in [0.717, 1.165) is 54.1 Å². The lowest BCUT2D eigenvalue weighted by Gasteiger charge is -2.35. The molecule has 0 unspecified atom stereocenters. The summed E-state index contributed by atoms with van der Waals surface area (Å²) < 4.78 is 5.36. The van der Waals surface area contributed by atoms with E-state index in [0.29, 0.717) is 12.3 Å². The number of hydrogen-bond donors (Lipinski definition) is 1. The van der Waals surface area contributed by atoms with E-state index in [-0.39, 0.29) is 0 Å². The molecule has 1 aromatic heterocycles. The quantitative estimate of drug-likeness (QED) is 0.781. The molecule has 0 spiro atoms. The van der Waals surface area contributed by atoms with Crippen LogP contribution in [0.3, 0.4) is 0 Å². The molecule has 2 aromatic carbocycles. The van der Waals surface area contributed by atoms with Crippen molar-refractivity contribution in [3.63, 3.8) is 0 Å². The molecule has 1 aliphatic rings. The minimum absolute atomic E-state index is 0.335. The number of rotatable bonds is 4. The van der Waals surface area contributed by atoms with Crippen LogP contribution in [0.5, 0.6) is 11.5 Å². The Morgan fingerprint density at radius 1 is 1.08 bits per heavy atom. The van der Waals surface area contributed by atoms with Crippen LogP contribution in [0.4, 0.5) is 5.82 Å². The predicted octanol–water partition coefficient (Wildman–Crippen LogP) is 2.67. The van der Waals surface area contributed by atoms with Crippen molar-refractivity contribution in [2.45, 2.75) is 6.54 Å². The Morgan fingerprint density at radius 3 is 2.62 bits per heavy atom. The topological polar surface area (TPSA) is 61.7 Å². The Balaban J connectivity index is 1.52. The second-order valence-electron chi connectivity index (χ2n) is 6.48. The Labute approximate surface area is 152 Å². The van der Waals surface area contributed by atoms with Gasteiger partial charge in [-0.2, -0.15) is 0 Å². The van der Waals surface area contributed by atoms with Gasteiger partial charge in [0.1, 0.15) is 17.3 Å². The normalized spacial score (nSPS) is 15.3. The maximum Gasteiger partial charge on any atom is 0.147 e. The highest BCUT2D eigenvalue weighted by atomic mass is 16.5. The second kappa shape index (κ2) is 7.17. The van der Waals surface area contributed by atoms with Gasteiger partial charge in [0.15, 0.2) is 0 Å². The van der Waals surface area contributed by atoms with Crippen molar-refractivity contribution < 1.29 is 9.84 Å². The summed E-state index contributed by atoms with van der Waals surface area (Å²) in [4.78, 5) is 13.1. The van der Waals surface area contributed by atoms with Gasteiger partial charge in [0.05, 0.1) is 13.3 Å². The van der Waals surface area contributed by atoms with E-state index in [1.807, 2.05) is 24.3 Å². The van der Waals surface area contributed by atoms with Gasteiger partial charge in [-0.3, -0.25) is 9.88 Å². The lowest BCUT2D eigenvalue weighted by atomic mass is 10.0. The zero-order chi connectivity index (χ0) is 17.9. The van der Waals surface area contributed by atoms with Crippen LogP contribution >= 0.6 is 0 Å². The molecule has 2 heterocycles. The highest BCUT2D eigenvalue weighted by Crippen LogP contribution is 2.31. The van der Waals surface area contributed by atoms with E-state index in [4.69, 9.17) is 4.74 Å². The summed E-state index contributed by atoms with van der Waals surface area (Å²) >= 11 is 0. The average Bonchev–Trinajstić information content (AvgIpc) is 2.71. The zero-order valence-corrected chi connectivity index (χ0v) is 14.8. The number of fused-ring (bicyclic) bond motifs is 1. The third-order valence-corrected chi connectivity index (χ3v) is 4.94. The largest absolute Gasteiger partial charge is 0.508 e. The molecular weight excluding hydrogens is 328 g/mol. The maximum atomic E-state index is 10.4. The van der Waals surface area contributed by atoms with Crippen LogP contribution in [0.25, 0.3) is 10.8 Å². The molecule has 0 bridgehead atoms. The van der Waals surface area contributed by atoms with Gasteiger partial charge in [-0.25, -0.2) is 4.98 Å². The number of hydrogen-bond acceptors (Lipinski definition) is 6. The molecule has 1 saturated heterocycles. The van der Waals surface area contributed by atoms with Gasteiger partial charge in [-0.1, -0.05) is 12.1 Å². The van der Waals surface area contributed by atoms with E-state index in [1.54, 1.807) is 31.8 Å². The van der Waals surface area contributed by atoms with Crippen LogP contribution < -0.4 is 9.64 Å². The fourth-order valence-corrected chi connectivity index (χ4v) is 3.46. The van der Waals surface area contributed by atoms with Crippen molar-refractivity contribution in [3.8, 4) is 11.5 Å². The van der Waals surface area contributed by atoms with Crippen molar-refractivity contribution in [1.29, 1.82) is 0 Å². The molecule has 0 atom stereocenters. The molecule has 1 aliphatic heterocycles. The maximum absolute atomic E-state index is 10.4. The molecule has 0 amide bonds. The van der Waals surface area contributed by atoms with Gasteiger partial charge in [0.25, 0.3) is 0 Å². The number of phenolic OH excluding ortho intramolecular Hbond substituents is 1. The number of aromatic hydroxyl groups is 1. The Bertz CT molecular complexity index is 893. The van der Waals surface area contributed by atoms with Gasteiger partial charge in [0, 0.05) is 50.7 Å². The Morgan fingerprint density at radius 2 is 1.88 bits per heavy atom. The van der Waals surface area contributed by atoms with Crippen LogP contribution in [-0.4, -0.2) is 53.3 Å². The van der Waals surface area contributed by atoms with Crippen molar-refractivity contribution >= 4 is 16.6 Å². The molecule has 0 radical (unpaired) electrons. The first kappa shape index (κ1) is 16.6. The first-order valence-corrected chi connectivity index (χ1v) is 8.76. The smallest absolute Gasteiger partial charge is 0.147 e. The third kappa shape index (κ3) is 3.28. The van der Waals surface area contributed by atoms with Gasteiger partial charge in [-0.15, -0.1) is 0 Å². The SMILES string of the molecule is COc1ccc2ccc(O)c(CN3CCN(c4cnccn4)CC3)c2c1. The number of aromatic nitrogens is 2. The van der Waals surface area contributed by atoms with Crippen LogP contribution in [-0.2, 0) is 6.54 Å². The van der Waals surface area contributed by atoms with Crippen LogP contribution in [0.2, 0.25) is 0 Å². The fourth-order valence-electron chi connectivity index (χ4n) is 3.46. The van der Waals surface area contributed by atoms with Gasteiger partial charge >= 0.3 is 0 Å². The zero-order valence-electron chi connectivity index (χ0n) is 14.8. The lowest BCUT2D eigenvalue weighted by Crippen LogP contribution is -2.46. The number of piperazine rings is 1. The number of nitrogens with zero attached hydrogens (tertiary/aromatic N) is 4. The molecule has 6 heteroatoms. The van der Waals surface area contributed by atoms with Crippen LogP contribution in [0.15, 0.2) is 48.9 Å². The van der Waals surface area contributed by atoms with Crippen LogP contribution in [0.1, 0.15) is 5.56 Å². The van der Waals surface area contributed by atoms with E-state index in [9.17, 15) is 5.11 Å². The Hall–Kier alpha value is -2.86. The first-order chi connectivity index (χ1) is 12.7. The van der Waals surface area contributed by atoms with Crippen LogP contribution in [0, 0.1) is 0 Å². The monoisotopic (exact) mass is 350 g/mol. The average molecular weight is 350 g/mol. The molecule has 1 N–H and O–H groups in total. The van der Waals surface area contributed by atoms with Gasteiger partial charge in [0.2, 0.25) is 0 Å². The highest BCUT2D eigenvalue weighted by molar-refractivity contribution is 5.89. The number of ether oxygens (including phenoxy) is 1. The number of methoxy groups -OCH3 is 1. The molecule has 6 nitrogen and oxygen atoms in total. The van der Waals surface area contributed by atoms with E-state index >= 15 is 0 Å². The Kier molecular flexibility index (Phi) is 4.58. The standard InChI is InChI=1S/C20H22N4O2/c1-26-16-4-2-15-3-5-19(25)18(17(15)12-16)14-23-8-10-24(11-9-23)20-13-21-6-7-22-20/h2-7,12-13,25H,8-11,14H2,1H3. The summed E-state index contributed by atoms with van der Waals surface area (Å²) in [5.41, 5.74) is 0.953. The van der Waals surface area contributed by atoms with Crippen molar-refractivity contribution in [2.24, 2.45) is 0 Å². The van der Waals surface area contributed by atoms with E-state index in [2.05, 4.69) is 19.8 Å². The summed E-state index contributed by atoms with van der Waals surface area (Å²) in [7, 11) is 1.66. The summed E-state index contributed by atoms with van der Waals surface area (Å²) in [6.45, 7) is 4.33. The number of phenols is 1. The summed E-state index contributed by atoms with van der Waals surface area (Å²) in [6, 6.07) is 9.70. The van der Waals surface area contributed by atoms with Crippen molar-refractivity contribution in [2.75, 3.05) is 38.2 Å². The van der Waals surface area contributed by atoms with E-state index in [1.165, 1.54) is 0 Å². The first-order valence-electron chi connectivity index (χ1n) is 8.76. The summed E-state index contributed by atoms with van der Waals surface area (Å²) in [6.07, 6.45) is 5.22. The molecule has 0 aliphatic carbocycles. The fraction of sp³-hybridized carbons (Fsp3) is 0.300. The van der Waals surface area contributed by atoms with Gasteiger partial charge < -0.3 is 14.7 Å². The highest BCUT2D eigenvalue weighted by Gasteiger charge is 2.20. The molecule has 3 aromatic rings. The summed E-state index contributed by atoms with van der Waals surface area (Å²) in [5, 5.41) is 12.6. The lowest BCUT2D eigenvalue weighted by molar-refractivity contribution is 0.247. The minimum atomic E-state index is 0.335. The number of anilines is 1. The predicted molar refractivity (Wildman–Crippen MR) is 102 cm³/mol. The molecule has 26 heavy (non-hydrogen) atoms. The molecule has 0 saturated carbocycles. The second-order valence-corrected chi connectivity index (χ2v) is 6.48. The molecular formula is C20H22N4O2. The molecule has 134 valence electrons. The molecule has 4 rings (SSSR count). The van der Waals surface area contributed by atoms with E-state index < -0.39 is 0 Å². The number of benzene rings is 2. The van der Waals surface area contributed by atoms with Crippen molar-refractivity contribution in [1.82, 2.24) is 14.9 Å². The van der Waals surface area contributed by atoms with Gasteiger partial charge in [-0.05, 0) is 29.0 Å². The summed E-state index contributed by atoms with van der Waals surface area (Å²) in [5.74, 6) is 2.06. The molecule has 1 fully saturated rings. The minimum Gasteiger partial charge on any atom is -0.508 e.